The van der Waals surface area contributed by atoms with Gasteiger partial charge in [-0.05, 0) is 25.3 Å². The molecule has 0 radical (unpaired) electrons. The Morgan fingerprint density at radius 3 is 2.52 bits per heavy atom. The molecule has 0 aliphatic carbocycles. The van der Waals surface area contributed by atoms with Crippen molar-refractivity contribution in [1.29, 1.82) is 0 Å². The number of halogens is 1. The molecule has 1 aromatic carbocycles. The molecular weight excluding hydrogens is 366 g/mol. The third-order valence-electron chi connectivity index (χ3n) is 6.42. The summed E-state index contributed by atoms with van der Waals surface area (Å²) >= 11 is 6.30. The van der Waals surface area contributed by atoms with E-state index in [0.29, 0.717) is 22.7 Å². The van der Waals surface area contributed by atoms with Crippen LogP contribution in [0.4, 0.5) is 5.69 Å². The number of amides is 3. The molecule has 0 saturated carbocycles. The Labute approximate surface area is 163 Å². The Morgan fingerprint density at radius 2 is 1.89 bits per heavy atom. The maximum Gasteiger partial charge on any atom is 0.250 e. The van der Waals surface area contributed by atoms with E-state index < -0.39 is 17.4 Å². The molecule has 5 atom stereocenters. The van der Waals surface area contributed by atoms with Gasteiger partial charge in [0.05, 0.1) is 22.5 Å². The minimum atomic E-state index is -1.26. The van der Waals surface area contributed by atoms with E-state index in [2.05, 4.69) is 10.6 Å². The first-order valence-corrected chi connectivity index (χ1v) is 9.88. The van der Waals surface area contributed by atoms with Crippen LogP contribution in [0.5, 0.6) is 0 Å². The van der Waals surface area contributed by atoms with Crippen LogP contribution >= 0.6 is 11.6 Å². The molecule has 2 N–H and O–H groups in total. The normalized spacial score (nSPS) is 33.0. The number of anilines is 1. The average molecular weight is 390 g/mol. The van der Waals surface area contributed by atoms with Gasteiger partial charge in [-0.15, -0.1) is 0 Å². The first-order valence-electron chi connectivity index (χ1n) is 9.50. The quantitative estimate of drug-likeness (QED) is 0.778. The van der Waals surface area contributed by atoms with Gasteiger partial charge in [-0.25, -0.2) is 0 Å². The van der Waals surface area contributed by atoms with Crippen molar-refractivity contribution in [2.45, 2.75) is 51.7 Å². The first-order chi connectivity index (χ1) is 12.8. The second-order valence-electron chi connectivity index (χ2n) is 8.15. The average Bonchev–Trinajstić information content (AvgIpc) is 3.21. The molecule has 1 aromatic rings. The maximum atomic E-state index is 13.4. The van der Waals surface area contributed by atoms with E-state index in [1.165, 1.54) is 4.90 Å². The van der Waals surface area contributed by atoms with Crippen LogP contribution in [0.15, 0.2) is 18.2 Å². The molecule has 4 rings (SSSR count). The molecule has 1 spiro atoms. The number of fused-ring (bicyclic) bond motifs is 4. The van der Waals surface area contributed by atoms with Crippen LogP contribution < -0.4 is 10.6 Å². The van der Waals surface area contributed by atoms with E-state index >= 15 is 0 Å². The summed E-state index contributed by atoms with van der Waals surface area (Å²) in [6.07, 6.45) is 0.679. The topological polar surface area (TPSA) is 78.5 Å². The summed E-state index contributed by atoms with van der Waals surface area (Å²) < 4.78 is 0. The summed E-state index contributed by atoms with van der Waals surface area (Å²) in [5.41, 5.74) is -0.0678. The molecule has 0 bridgehead atoms. The first kappa shape index (κ1) is 18.4. The summed E-state index contributed by atoms with van der Waals surface area (Å²) in [7, 11) is 0. The highest BCUT2D eigenvalue weighted by Gasteiger charge is 2.71. The predicted molar refractivity (Wildman–Crippen MR) is 102 cm³/mol. The molecule has 3 aliphatic heterocycles. The molecule has 2 fully saturated rings. The third kappa shape index (κ3) is 2.20. The van der Waals surface area contributed by atoms with Crippen molar-refractivity contribution < 1.29 is 14.4 Å². The van der Waals surface area contributed by atoms with E-state index in [0.717, 1.165) is 0 Å². The van der Waals surface area contributed by atoms with Crippen molar-refractivity contribution in [2.75, 3.05) is 5.32 Å². The van der Waals surface area contributed by atoms with Gasteiger partial charge in [0.25, 0.3) is 0 Å². The highest BCUT2D eigenvalue weighted by atomic mass is 35.5. The fourth-order valence-electron chi connectivity index (χ4n) is 4.94. The predicted octanol–water partition coefficient (Wildman–Crippen LogP) is 2.51. The number of hydrogen-bond acceptors (Lipinski definition) is 4. The lowest BCUT2D eigenvalue weighted by atomic mass is 9.76. The van der Waals surface area contributed by atoms with Crippen LogP contribution in [0.25, 0.3) is 0 Å². The highest BCUT2D eigenvalue weighted by Crippen LogP contribution is 2.55. The van der Waals surface area contributed by atoms with Crippen molar-refractivity contribution in [1.82, 2.24) is 10.2 Å². The number of carbonyl (C=O) groups is 3. The van der Waals surface area contributed by atoms with Crippen molar-refractivity contribution in [3.8, 4) is 0 Å². The van der Waals surface area contributed by atoms with Crippen LogP contribution in [0.1, 0.15) is 39.7 Å². The van der Waals surface area contributed by atoms with Gasteiger partial charge in [0.1, 0.15) is 5.54 Å². The van der Waals surface area contributed by atoms with Gasteiger partial charge in [0.2, 0.25) is 17.7 Å². The summed E-state index contributed by atoms with van der Waals surface area (Å²) in [6, 6.07) is 4.84. The smallest absolute Gasteiger partial charge is 0.250 e. The van der Waals surface area contributed by atoms with Gasteiger partial charge in [-0.3, -0.25) is 24.6 Å². The van der Waals surface area contributed by atoms with E-state index in [-0.39, 0.29) is 35.7 Å². The Kier molecular flexibility index (Phi) is 4.13. The monoisotopic (exact) mass is 389 g/mol. The second-order valence-corrected chi connectivity index (χ2v) is 8.55. The van der Waals surface area contributed by atoms with Gasteiger partial charge in [-0.2, -0.15) is 0 Å². The summed E-state index contributed by atoms with van der Waals surface area (Å²) in [6.45, 7) is 7.83. The Hall–Kier alpha value is -1.92. The van der Waals surface area contributed by atoms with E-state index in [1.54, 1.807) is 12.1 Å². The molecule has 27 heavy (non-hydrogen) atoms. The van der Waals surface area contributed by atoms with Gasteiger partial charge in [0.15, 0.2) is 0 Å². The number of rotatable bonds is 3. The lowest BCUT2D eigenvalue weighted by Gasteiger charge is -2.31. The molecule has 144 valence electrons. The Bertz CT molecular complexity index is 855. The molecule has 3 amide bonds. The van der Waals surface area contributed by atoms with Crippen molar-refractivity contribution in [2.24, 2.45) is 17.8 Å². The van der Waals surface area contributed by atoms with Gasteiger partial charge >= 0.3 is 0 Å². The van der Waals surface area contributed by atoms with Gasteiger partial charge in [0, 0.05) is 17.6 Å². The Balaban J connectivity index is 1.92. The van der Waals surface area contributed by atoms with Crippen LogP contribution in [-0.4, -0.2) is 34.7 Å². The third-order valence-corrected chi connectivity index (χ3v) is 6.73. The maximum absolute atomic E-state index is 13.4. The molecule has 7 heteroatoms. The van der Waals surface area contributed by atoms with E-state index in [9.17, 15) is 14.4 Å². The molecular formula is C20H24ClN3O3. The van der Waals surface area contributed by atoms with Crippen LogP contribution in [0.2, 0.25) is 5.02 Å². The lowest BCUT2D eigenvalue weighted by molar-refractivity contribution is -0.145. The fourth-order valence-corrected chi connectivity index (χ4v) is 5.16. The zero-order valence-electron chi connectivity index (χ0n) is 15.9. The van der Waals surface area contributed by atoms with Gasteiger partial charge < -0.3 is 5.32 Å². The number of para-hydroxylation sites is 1. The van der Waals surface area contributed by atoms with E-state index in [4.69, 9.17) is 11.6 Å². The zero-order valence-corrected chi connectivity index (χ0v) is 16.6. The van der Waals surface area contributed by atoms with Crippen molar-refractivity contribution in [3.63, 3.8) is 0 Å². The number of nitrogens with one attached hydrogen (secondary N) is 2. The fraction of sp³-hybridized carbons (Fsp3) is 0.550. The molecule has 3 unspecified atom stereocenters. The van der Waals surface area contributed by atoms with Crippen LogP contribution in [0.3, 0.4) is 0 Å². The largest absolute Gasteiger partial charge is 0.323 e. The molecule has 0 aromatic heterocycles. The molecule has 3 heterocycles. The number of likely N-dealkylation sites (tertiary alicyclic amines) is 1. The number of nitrogens with zero attached hydrogens (tertiary/aromatic N) is 1. The van der Waals surface area contributed by atoms with Crippen LogP contribution in [0, 0.1) is 17.8 Å². The van der Waals surface area contributed by atoms with Crippen molar-refractivity contribution in [3.05, 3.63) is 28.8 Å². The van der Waals surface area contributed by atoms with Crippen molar-refractivity contribution >= 4 is 35.0 Å². The summed E-state index contributed by atoms with van der Waals surface area (Å²) in [5, 5.41) is 6.68. The molecule has 6 nitrogen and oxygen atoms in total. The number of carbonyl (C=O) groups excluding carboxylic acids is 3. The minimum Gasteiger partial charge on any atom is -0.323 e. The van der Waals surface area contributed by atoms with Gasteiger partial charge in [-0.1, -0.05) is 44.5 Å². The zero-order chi connectivity index (χ0) is 19.7. The lowest BCUT2D eigenvalue weighted by Crippen LogP contribution is -2.54. The highest BCUT2D eigenvalue weighted by molar-refractivity contribution is 6.35. The number of benzene rings is 1. The number of hydrogen-bond donors (Lipinski definition) is 2. The molecule has 3 aliphatic rings. The standard InChI is InChI=1S/C20H24ClN3O3/c1-5-10(4)24-17(25)13-14(18(24)26)20(23-15(13)9(2)3)11-7-6-8-12(21)16(11)22-19(20)27/h6-10,13-15,23H,5H2,1-4H3,(H,22,27)/t10?,13-,14-,15?,20?/m1/s1. The molecule has 2 saturated heterocycles. The second kappa shape index (κ2) is 6.04. The number of imide groups is 1. The summed E-state index contributed by atoms with van der Waals surface area (Å²) in [5.74, 6) is -1.98. The Morgan fingerprint density at radius 1 is 1.19 bits per heavy atom. The van der Waals surface area contributed by atoms with E-state index in [1.807, 2.05) is 33.8 Å². The van der Waals surface area contributed by atoms with Crippen LogP contribution in [-0.2, 0) is 19.9 Å². The summed E-state index contributed by atoms with van der Waals surface area (Å²) in [4.78, 5) is 41.2. The minimum absolute atomic E-state index is 0.0848. The SMILES string of the molecule is CCC(C)N1C(=O)[C@H]2C(C(C)C)NC3(C(=O)Nc4c(Cl)cccc43)[C@H]2C1=O.